The second-order valence-corrected chi connectivity index (χ2v) is 4.94. The van der Waals surface area contributed by atoms with Gasteiger partial charge in [0.15, 0.2) is 0 Å². The van der Waals surface area contributed by atoms with Gasteiger partial charge in [-0.1, -0.05) is 13.8 Å². The van der Waals surface area contributed by atoms with E-state index in [1.165, 1.54) is 6.92 Å². The summed E-state index contributed by atoms with van der Waals surface area (Å²) in [5, 5.41) is 0. The minimum Gasteiger partial charge on any atom is -0.369 e. The third-order valence-electron chi connectivity index (χ3n) is 1.62. The van der Waals surface area contributed by atoms with Gasteiger partial charge in [0.2, 0.25) is 0 Å². The normalized spacial score (nSPS) is 13.9. The van der Waals surface area contributed by atoms with Gasteiger partial charge in [0, 0.05) is 0 Å². The van der Waals surface area contributed by atoms with Crippen LogP contribution in [0, 0.1) is 5.92 Å². The molecule has 0 amide bonds. The molecule has 0 aromatic carbocycles. The second kappa shape index (κ2) is 6.98. The number of carbonyl (C=O) groups is 1. The molecule has 7 nitrogen and oxygen atoms in total. The first kappa shape index (κ1) is 15.5. The molecule has 0 bridgehead atoms. The molecule has 0 aromatic rings. The summed E-state index contributed by atoms with van der Waals surface area (Å²) in [4.78, 5) is 32.7. The molecule has 0 radical (unpaired) electrons. The van der Waals surface area contributed by atoms with E-state index in [0.717, 1.165) is 6.42 Å². The molecule has 0 aliphatic carbocycles. The first-order chi connectivity index (χ1) is 7.22. The van der Waals surface area contributed by atoms with Gasteiger partial charge in [-0.3, -0.25) is 9.79 Å². The van der Waals surface area contributed by atoms with Crippen LogP contribution in [-0.2, 0) is 18.7 Å². The standard InChI is InChI=1S/C8H18NO6P/c1-6(2)4-5-14-9-7(3)8(10)15-16(11,12)13/h6-7,9H,4-5H2,1-3H3,(H2,11,12,13)/t7-/m0/s1. The Kier molecular flexibility index (Phi) is 6.78. The van der Waals surface area contributed by atoms with Crippen molar-refractivity contribution < 1.29 is 28.5 Å². The number of hydroxylamine groups is 1. The van der Waals surface area contributed by atoms with Gasteiger partial charge in [-0.25, -0.2) is 9.36 Å². The van der Waals surface area contributed by atoms with E-state index in [4.69, 9.17) is 14.6 Å². The number of rotatable bonds is 7. The molecule has 0 saturated carbocycles. The third-order valence-corrected chi connectivity index (χ3v) is 2.04. The molecule has 0 aliphatic heterocycles. The Hall–Kier alpha value is -0.460. The smallest absolute Gasteiger partial charge is 0.369 e. The lowest BCUT2D eigenvalue weighted by atomic mass is 10.1. The van der Waals surface area contributed by atoms with Crippen molar-refractivity contribution in [3.05, 3.63) is 0 Å². The maximum absolute atomic E-state index is 11.0. The van der Waals surface area contributed by atoms with Crippen LogP contribution in [0.25, 0.3) is 0 Å². The van der Waals surface area contributed by atoms with Crippen LogP contribution in [-0.4, -0.2) is 28.4 Å². The first-order valence-electron chi connectivity index (χ1n) is 4.88. The zero-order chi connectivity index (χ0) is 12.8. The van der Waals surface area contributed by atoms with Gasteiger partial charge in [-0.2, -0.15) is 5.48 Å². The molecule has 0 aliphatic rings. The van der Waals surface area contributed by atoms with Crippen LogP contribution in [0.5, 0.6) is 0 Å². The molecule has 3 N–H and O–H groups in total. The predicted molar refractivity (Wildman–Crippen MR) is 56.1 cm³/mol. The minimum absolute atomic E-state index is 0.408. The Morgan fingerprint density at radius 2 is 1.94 bits per heavy atom. The minimum atomic E-state index is -4.78. The Balaban J connectivity index is 3.76. The van der Waals surface area contributed by atoms with Crippen LogP contribution in [0.3, 0.4) is 0 Å². The molecule has 16 heavy (non-hydrogen) atoms. The predicted octanol–water partition coefficient (Wildman–Crippen LogP) is 0.578. The van der Waals surface area contributed by atoms with Crippen LogP contribution >= 0.6 is 7.82 Å². The lowest BCUT2D eigenvalue weighted by Crippen LogP contribution is -2.35. The quantitative estimate of drug-likeness (QED) is 0.347. The van der Waals surface area contributed by atoms with Gasteiger partial charge < -0.3 is 9.36 Å². The van der Waals surface area contributed by atoms with Crippen molar-refractivity contribution in [1.82, 2.24) is 5.48 Å². The Labute approximate surface area is 94.3 Å². The molecule has 0 heterocycles. The molecule has 0 unspecified atom stereocenters. The number of hydrogen-bond donors (Lipinski definition) is 3. The topological polar surface area (TPSA) is 105 Å². The SMILES string of the molecule is CC(C)CCON[C@@H](C)C(=O)OP(=O)(O)O. The average Bonchev–Trinajstić information content (AvgIpc) is 2.08. The molecule has 0 fully saturated rings. The summed E-state index contributed by atoms with van der Waals surface area (Å²) >= 11 is 0. The molecule has 0 rings (SSSR count). The van der Waals surface area contributed by atoms with Crippen molar-refractivity contribution >= 4 is 13.8 Å². The van der Waals surface area contributed by atoms with Crippen molar-refractivity contribution in [2.24, 2.45) is 5.92 Å². The van der Waals surface area contributed by atoms with E-state index >= 15 is 0 Å². The fourth-order valence-corrected chi connectivity index (χ4v) is 1.12. The maximum Gasteiger partial charge on any atom is 0.527 e. The summed E-state index contributed by atoms with van der Waals surface area (Å²) in [7, 11) is -4.78. The highest BCUT2D eigenvalue weighted by atomic mass is 31.2. The van der Waals surface area contributed by atoms with Crippen LogP contribution in [0.1, 0.15) is 27.2 Å². The molecular formula is C8H18NO6P. The highest BCUT2D eigenvalue weighted by Crippen LogP contribution is 2.36. The van der Waals surface area contributed by atoms with Gasteiger partial charge in [0.25, 0.3) is 0 Å². The van der Waals surface area contributed by atoms with Crippen LogP contribution < -0.4 is 5.48 Å². The molecule has 8 heteroatoms. The van der Waals surface area contributed by atoms with Gasteiger partial charge >= 0.3 is 13.8 Å². The van der Waals surface area contributed by atoms with Gasteiger partial charge in [-0.05, 0) is 19.3 Å². The highest BCUT2D eigenvalue weighted by molar-refractivity contribution is 7.46. The zero-order valence-electron chi connectivity index (χ0n) is 9.54. The van der Waals surface area contributed by atoms with E-state index in [2.05, 4.69) is 10.0 Å². The van der Waals surface area contributed by atoms with E-state index in [9.17, 15) is 9.36 Å². The van der Waals surface area contributed by atoms with E-state index in [-0.39, 0.29) is 0 Å². The monoisotopic (exact) mass is 255 g/mol. The summed E-state index contributed by atoms with van der Waals surface area (Å²) in [6.07, 6.45) is 0.813. The first-order valence-corrected chi connectivity index (χ1v) is 6.41. The van der Waals surface area contributed by atoms with Gasteiger partial charge in [0.05, 0.1) is 6.61 Å². The van der Waals surface area contributed by atoms with Crippen molar-refractivity contribution in [2.75, 3.05) is 6.61 Å². The molecule has 0 spiro atoms. The summed E-state index contributed by atoms with van der Waals surface area (Å²) in [6, 6.07) is -0.931. The Morgan fingerprint density at radius 3 is 2.38 bits per heavy atom. The molecular weight excluding hydrogens is 237 g/mol. The molecule has 0 saturated heterocycles. The highest BCUT2D eigenvalue weighted by Gasteiger charge is 2.24. The summed E-state index contributed by atoms with van der Waals surface area (Å²) in [6.45, 7) is 5.84. The van der Waals surface area contributed by atoms with Gasteiger partial charge in [0.1, 0.15) is 6.04 Å². The fraction of sp³-hybridized carbons (Fsp3) is 0.875. The van der Waals surface area contributed by atoms with E-state index in [1.54, 1.807) is 0 Å². The molecule has 0 aromatic heterocycles. The van der Waals surface area contributed by atoms with Crippen LogP contribution in [0.4, 0.5) is 0 Å². The Morgan fingerprint density at radius 1 is 1.38 bits per heavy atom. The van der Waals surface area contributed by atoms with Crippen LogP contribution in [0.2, 0.25) is 0 Å². The number of nitrogens with one attached hydrogen (secondary N) is 1. The van der Waals surface area contributed by atoms with Crippen molar-refractivity contribution in [2.45, 2.75) is 33.2 Å². The second-order valence-electron chi connectivity index (χ2n) is 3.77. The summed E-state index contributed by atoms with van der Waals surface area (Å²) < 4.78 is 14.2. The van der Waals surface area contributed by atoms with Crippen LogP contribution in [0.15, 0.2) is 0 Å². The lowest BCUT2D eigenvalue weighted by Gasteiger charge is -2.13. The molecule has 96 valence electrons. The molecule has 1 atom stereocenters. The van der Waals surface area contributed by atoms with Crippen molar-refractivity contribution in [3.63, 3.8) is 0 Å². The average molecular weight is 255 g/mol. The summed E-state index contributed by atoms with van der Waals surface area (Å²) in [5.74, 6) is -0.586. The third kappa shape index (κ3) is 8.82. The zero-order valence-corrected chi connectivity index (χ0v) is 10.4. The van der Waals surface area contributed by atoms with E-state index < -0.39 is 19.8 Å². The van der Waals surface area contributed by atoms with E-state index in [0.29, 0.717) is 12.5 Å². The van der Waals surface area contributed by atoms with Crippen molar-refractivity contribution in [1.29, 1.82) is 0 Å². The lowest BCUT2D eigenvalue weighted by molar-refractivity contribution is -0.142. The number of carbonyl (C=O) groups excluding carboxylic acids is 1. The number of phosphoric acid groups is 1. The van der Waals surface area contributed by atoms with Gasteiger partial charge in [-0.15, -0.1) is 0 Å². The largest absolute Gasteiger partial charge is 0.527 e. The number of phosphoric ester groups is 1. The fourth-order valence-electron chi connectivity index (χ4n) is 0.723. The summed E-state index contributed by atoms with van der Waals surface area (Å²) in [5.41, 5.74) is 2.34. The number of hydrogen-bond acceptors (Lipinski definition) is 5. The van der Waals surface area contributed by atoms with Crippen molar-refractivity contribution in [3.8, 4) is 0 Å². The Bertz CT molecular complexity index is 263. The maximum atomic E-state index is 11.0. The van der Waals surface area contributed by atoms with E-state index in [1.807, 2.05) is 13.8 Å².